The summed E-state index contributed by atoms with van der Waals surface area (Å²) in [4.78, 5) is 4.11. The maximum absolute atomic E-state index is 5.32. The van der Waals surface area contributed by atoms with Gasteiger partial charge < -0.3 is 9.47 Å². The molecule has 0 aliphatic heterocycles. The molecule has 1 heterocycles. The van der Waals surface area contributed by atoms with E-state index in [9.17, 15) is 0 Å². The Balaban J connectivity index is 2.58. The number of aromatic nitrogens is 1. The molecule has 3 heteroatoms. The normalized spacial score (nSPS) is 9.88. The van der Waals surface area contributed by atoms with Crippen LogP contribution in [0, 0.1) is 0 Å². The van der Waals surface area contributed by atoms with Gasteiger partial charge in [-0.05, 0) is 12.1 Å². The molecule has 2 aromatic rings. The van der Waals surface area contributed by atoms with Crippen molar-refractivity contribution >= 4 is 0 Å². The molecule has 0 unspecified atom stereocenters. The van der Waals surface area contributed by atoms with Crippen LogP contribution in [0.15, 0.2) is 42.7 Å². The third kappa shape index (κ3) is 1.84. The van der Waals surface area contributed by atoms with Crippen molar-refractivity contribution in [1.29, 1.82) is 0 Å². The van der Waals surface area contributed by atoms with Crippen LogP contribution < -0.4 is 9.47 Å². The lowest BCUT2D eigenvalue weighted by molar-refractivity contribution is 0.410. The summed E-state index contributed by atoms with van der Waals surface area (Å²) < 4.78 is 10.6. The quantitative estimate of drug-likeness (QED) is 0.788. The zero-order valence-electron chi connectivity index (χ0n) is 9.31. The molecule has 0 fully saturated rings. The Bertz CT molecular complexity index is 437. The van der Waals surface area contributed by atoms with E-state index in [-0.39, 0.29) is 0 Å². The van der Waals surface area contributed by atoms with Crippen LogP contribution in [0.3, 0.4) is 0 Å². The van der Waals surface area contributed by atoms with E-state index in [0.29, 0.717) is 0 Å². The van der Waals surface area contributed by atoms with Crippen LogP contribution in [0.25, 0.3) is 11.1 Å². The third-order valence-electron chi connectivity index (χ3n) is 2.40. The van der Waals surface area contributed by atoms with Gasteiger partial charge in [-0.25, -0.2) is 0 Å². The Kier molecular flexibility index (Phi) is 3.05. The summed E-state index contributed by atoms with van der Waals surface area (Å²) in [7, 11) is 3.30. The molecule has 0 amide bonds. The summed E-state index contributed by atoms with van der Waals surface area (Å²) >= 11 is 0. The largest absolute Gasteiger partial charge is 0.496 e. The highest BCUT2D eigenvalue weighted by molar-refractivity contribution is 5.74. The monoisotopic (exact) mass is 215 g/mol. The van der Waals surface area contributed by atoms with E-state index in [2.05, 4.69) is 4.98 Å². The summed E-state index contributed by atoms with van der Waals surface area (Å²) in [5.74, 6) is 1.60. The van der Waals surface area contributed by atoms with Crippen LogP contribution in [-0.4, -0.2) is 19.2 Å². The molecule has 3 nitrogen and oxygen atoms in total. The van der Waals surface area contributed by atoms with E-state index in [1.165, 1.54) is 0 Å². The molecule has 82 valence electrons. The second kappa shape index (κ2) is 4.66. The second-order valence-electron chi connectivity index (χ2n) is 3.28. The summed E-state index contributed by atoms with van der Waals surface area (Å²) in [6.45, 7) is 0. The summed E-state index contributed by atoms with van der Waals surface area (Å²) in [6, 6.07) is 9.64. The van der Waals surface area contributed by atoms with Gasteiger partial charge in [0.05, 0.1) is 14.2 Å². The molecule has 0 aliphatic rings. The fourth-order valence-corrected chi connectivity index (χ4v) is 1.63. The van der Waals surface area contributed by atoms with Gasteiger partial charge in [-0.15, -0.1) is 0 Å². The van der Waals surface area contributed by atoms with Gasteiger partial charge in [-0.1, -0.05) is 18.2 Å². The Hall–Kier alpha value is -2.03. The van der Waals surface area contributed by atoms with Crippen molar-refractivity contribution in [2.45, 2.75) is 0 Å². The molecule has 0 bridgehead atoms. The first-order valence-corrected chi connectivity index (χ1v) is 4.98. The first kappa shape index (κ1) is 10.5. The topological polar surface area (TPSA) is 31.4 Å². The molecule has 0 atom stereocenters. The molecular weight excluding hydrogens is 202 g/mol. The first-order valence-electron chi connectivity index (χ1n) is 4.98. The zero-order chi connectivity index (χ0) is 11.4. The van der Waals surface area contributed by atoms with Crippen molar-refractivity contribution in [1.82, 2.24) is 4.98 Å². The van der Waals surface area contributed by atoms with E-state index >= 15 is 0 Å². The molecule has 0 aliphatic carbocycles. The van der Waals surface area contributed by atoms with Crippen molar-refractivity contribution in [3.8, 4) is 22.6 Å². The number of ether oxygens (including phenoxy) is 2. The van der Waals surface area contributed by atoms with Crippen molar-refractivity contribution in [2.75, 3.05) is 14.2 Å². The minimum absolute atomic E-state index is 0.791. The number of pyridine rings is 1. The SMILES string of the molecule is COc1ccccc1-c1cnccc1OC. The highest BCUT2D eigenvalue weighted by Gasteiger charge is 2.09. The minimum atomic E-state index is 0.791. The molecular formula is C13H13NO2. The molecule has 16 heavy (non-hydrogen) atoms. The van der Waals surface area contributed by atoms with Gasteiger partial charge >= 0.3 is 0 Å². The Labute approximate surface area is 94.7 Å². The van der Waals surface area contributed by atoms with Gasteiger partial charge in [0, 0.05) is 23.5 Å². The predicted molar refractivity (Wildman–Crippen MR) is 62.8 cm³/mol. The van der Waals surface area contributed by atoms with Gasteiger partial charge in [0.1, 0.15) is 11.5 Å². The van der Waals surface area contributed by atoms with E-state index in [4.69, 9.17) is 9.47 Å². The molecule has 0 radical (unpaired) electrons. The summed E-state index contributed by atoms with van der Waals surface area (Å²) in [5, 5.41) is 0. The lowest BCUT2D eigenvalue weighted by Crippen LogP contribution is -1.92. The van der Waals surface area contributed by atoms with Gasteiger partial charge in [-0.2, -0.15) is 0 Å². The summed E-state index contributed by atoms with van der Waals surface area (Å²) in [6.07, 6.45) is 3.48. The predicted octanol–water partition coefficient (Wildman–Crippen LogP) is 2.77. The fourth-order valence-electron chi connectivity index (χ4n) is 1.63. The minimum Gasteiger partial charge on any atom is -0.496 e. The van der Waals surface area contributed by atoms with Crippen molar-refractivity contribution < 1.29 is 9.47 Å². The number of para-hydroxylation sites is 1. The number of hydrogen-bond donors (Lipinski definition) is 0. The molecule has 2 rings (SSSR count). The van der Waals surface area contributed by atoms with Crippen LogP contribution >= 0.6 is 0 Å². The number of nitrogens with zero attached hydrogens (tertiary/aromatic N) is 1. The molecule has 0 saturated carbocycles. The smallest absolute Gasteiger partial charge is 0.129 e. The average molecular weight is 215 g/mol. The molecule has 0 saturated heterocycles. The maximum Gasteiger partial charge on any atom is 0.129 e. The summed E-state index contributed by atoms with van der Waals surface area (Å²) in [5.41, 5.74) is 1.91. The van der Waals surface area contributed by atoms with E-state index in [1.54, 1.807) is 26.6 Å². The zero-order valence-corrected chi connectivity index (χ0v) is 9.31. The number of hydrogen-bond acceptors (Lipinski definition) is 3. The highest BCUT2D eigenvalue weighted by Crippen LogP contribution is 2.34. The Morgan fingerprint density at radius 1 is 0.875 bits per heavy atom. The van der Waals surface area contributed by atoms with Gasteiger partial charge in [0.15, 0.2) is 0 Å². The van der Waals surface area contributed by atoms with E-state index in [0.717, 1.165) is 22.6 Å². The number of rotatable bonds is 3. The van der Waals surface area contributed by atoms with Crippen molar-refractivity contribution in [2.24, 2.45) is 0 Å². The number of methoxy groups -OCH3 is 2. The fraction of sp³-hybridized carbons (Fsp3) is 0.154. The third-order valence-corrected chi connectivity index (χ3v) is 2.40. The Morgan fingerprint density at radius 2 is 1.56 bits per heavy atom. The van der Waals surface area contributed by atoms with Crippen molar-refractivity contribution in [3.05, 3.63) is 42.7 Å². The lowest BCUT2D eigenvalue weighted by Gasteiger charge is -2.11. The van der Waals surface area contributed by atoms with Gasteiger partial charge in [0.25, 0.3) is 0 Å². The molecule has 0 spiro atoms. The maximum atomic E-state index is 5.32. The van der Waals surface area contributed by atoms with E-state index < -0.39 is 0 Å². The van der Waals surface area contributed by atoms with Gasteiger partial charge in [-0.3, -0.25) is 4.98 Å². The average Bonchev–Trinajstić information content (AvgIpc) is 2.38. The highest BCUT2D eigenvalue weighted by atomic mass is 16.5. The van der Waals surface area contributed by atoms with Gasteiger partial charge in [0.2, 0.25) is 0 Å². The molecule has 1 aromatic heterocycles. The van der Waals surface area contributed by atoms with E-state index in [1.807, 2.05) is 30.3 Å². The molecule has 0 N–H and O–H groups in total. The van der Waals surface area contributed by atoms with Crippen LogP contribution in [-0.2, 0) is 0 Å². The van der Waals surface area contributed by atoms with Crippen LogP contribution in [0.4, 0.5) is 0 Å². The lowest BCUT2D eigenvalue weighted by atomic mass is 10.1. The van der Waals surface area contributed by atoms with Crippen molar-refractivity contribution in [3.63, 3.8) is 0 Å². The standard InChI is InChI=1S/C13H13NO2/c1-15-12-6-4-3-5-10(12)11-9-14-8-7-13(11)16-2/h3-9H,1-2H3. The molecule has 1 aromatic carbocycles. The number of benzene rings is 1. The Morgan fingerprint density at radius 3 is 2.31 bits per heavy atom. The van der Waals surface area contributed by atoms with Crippen LogP contribution in [0.2, 0.25) is 0 Å². The second-order valence-corrected chi connectivity index (χ2v) is 3.28. The van der Waals surface area contributed by atoms with Crippen LogP contribution in [0.5, 0.6) is 11.5 Å². The first-order chi connectivity index (χ1) is 7.86. The van der Waals surface area contributed by atoms with Crippen LogP contribution in [0.1, 0.15) is 0 Å².